The Morgan fingerprint density at radius 2 is 2.08 bits per heavy atom. The first-order valence-electron chi connectivity index (χ1n) is 9.39. The molecule has 1 aliphatic heterocycles. The fourth-order valence-corrected chi connectivity index (χ4v) is 4.26. The SMILES string of the molecule is C[C@H]1[C@H](C)CCC[C@H]1NC(=O)c1ccc2c(=O)n3c(nc2c1)CCC3. The third-order valence-corrected chi connectivity index (χ3v) is 6.10. The lowest BCUT2D eigenvalue weighted by Gasteiger charge is -2.34. The lowest BCUT2D eigenvalue weighted by Crippen LogP contribution is -2.43. The first kappa shape index (κ1) is 16.3. The average Bonchev–Trinajstić information content (AvgIpc) is 3.07. The molecule has 4 rings (SSSR count). The molecule has 1 aromatic heterocycles. The van der Waals surface area contributed by atoms with Gasteiger partial charge in [-0.2, -0.15) is 0 Å². The van der Waals surface area contributed by atoms with Gasteiger partial charge < -0.3 is 5.32 Å². The Labute approximate surface area is 147 Å². The second-order valence-electron chi connectivity index (χ2n) is 7.67. The molecule has 5 nitrogen and oxygen atoms in total. The molecular formula is C20H25N3O2. The van der Waals surface area contributed by atoms with Gasteiger partial charge in [0.2, 0.25) is 0 Å². The number of hydrogen-bond acceptors (Lipinski definition) is 3. The van der Waals surface area contributed by atoms with E-state index in [2.05, 4.69) is 24.1 Å². The van der Waals surface area contributed by atoms with Gasteiger partial charge >= 0.3 is 0 Å². The Hall–Kier alpha value is -2.17. The molecule has 1 aliphatic carbocycles. The van der Waals surface area contributed by atoms with E-state index in [-0.39, 0.29) is 17.5 Å². The van der Waals surface area contributed by atoms with Crippen LogP contribution in [-0.2, 0) is 13.0 Å². The smallest absolute Gasteiger partial charge is 0.261 e. The summed E-state index contributed by atoms with van der Waals surface area (Å²) in [6.07, 6.45) is 5.24. The fourth-order valence-electron chi connectivity index (χ4n) is 4.26. The minimum Gasteiger partial charge on any atom is -0.349 e. The Morgan fingerprint density at radius 3 is 2.92 bits per heavy atom. The van der Waals surface area contributed by atoms with Crippen LogP contribution in [-0.4, -0.2) is 21.5 Å². The number of nitrogens with one attached hydrogen (secondary N) is 1. The summed E-state index contributed by atoms with van der Waals surface area (Å²) in [6, 6.07) is 5.49. The van der Waals surface area contributed by atoms with Gasteiger partial charge in [-0.25, -0.2) is 4.98 Å². The van der Waals surface area contributed by atoms with Gasteiger partial charge in [-0.05, 0) is 42.9 Å². The number of carbonyl (C=O) groups excluding carboxylic acids is 1. The zero-order valence-electron chi connectivity index (χ0n) is 14.9. The number of fused-ring (bicyclic) bond motifs is 2. The highest BCUT2D eigenvalue weighted by molar-refractivity contribution is 5.97. The zero-order chi connectivity index (χ0) is 17.6. The van der Waals surface area contributed by atoms with Gasteiger partial charge in [0, 0.05) is 24.6 Å². The standard InChI is InChI=1S/C20H25N3O2/c1-12-5-3-6-16(13(12)2)22-19(24)14-8-9-15-17(11-14)21-18-7-4-10-23(18)20(15)25/h8-9,11-13,16H,3-7,10H2,1-2H3,(H,22,24)/t12-,13+,16-/m1/s1. The highest BCUT2D eigenvalue weighted by Gasteiger charge is 2.28. The minimum absolute atomic E-state index is 0.0131. The van der Waals surface area contributed by atoms with Gasteiger partial charge in [0.1, 0.15) is 5.82 Å². The molecule has 2 aromatic rings. The Morgan fingerprint density at radius 1 is 1.24 bits per heavy atom. The normalized spacial score (nSPS) is 25.8. The summed E-state index contributed by atoms with van der Waals surface area (Å²) >= 11 is 0. The van der Waals surface area contributed by atoms with E-state index < -0.39 is 0 Å². The van der Waals surface area contributed by atoms with Crippen molar-refractivity contribution >= 4 is 16.8 Å². The molecule has 1 amide bonds. The molecule has 2 heterocycles. The number of amides is 1. The Kier molecular flexibility index (Phi) is 4.10. The first-order chi connectivity index (χ1) is 12.0. The quantitative estimate of drug-likeness (QED) is 0.915. The summed E-state index contributed by atoms with van der Waals surface area (Å²) in [5.41, 5.74) is 1.24. The van der Waals surface area contributed by atoms with Crippen LogP contribution in [0.2, 0.25) is 0 Å². The molecule has 132 valence electrons. The molecule has 5 heteroatoms. The summed E-state index contributed by atoms with van der Waals surface area (Å²) in [7, 11) is 0. The van der Waals surface area contributed by atoms with Gasteiger partial charge in [-0.1, -0.05) is 26.7 Å². The maximum Gasteiger partial charge on any atom is 0.261 e. The summed E-state index contributed by atoms with van der Waals surface area (Å²) in [6.45, 7) is 5.23. The molecule has 0 saturated heterocycles. The predicted octanol–water partition coefficient (Wildman–Crippen LogP) is 2.90. The zero-order valence-corrected chi connectivity index (χ0v) is 14.9. The van der Waals surface area contributed by atoms with Crippen LogP contribution in [0.25, 0.3) is 10.9 Å². The van der Waals surface area contributed by atoms with Crippen LogP contribution >= 0.6 is 0 Å². The van der Waals surface area contributed by atoms with Crippen molar-refractivity contribution in [3.05, 3.63) is 39.9 Å². The molecule has 1 fully saturated rings. The number of carbonyl (C=O) groups is 1. The van der Waals surface area contributed by atoms with Crippen molar-refractivity contribution in [2.45, 2.75) is 58.5 Å². The summed E-state index contributed by atoms with van der Waals surface area (Å²) in [5.74, 6) is 1.91. The van der Waals surface area contributed by atoms with Crippen LogP contribution in [0, 0.1) is 11.8 Å². The highest BCUT2D eigenvalue weighted by atomic mass is 16.1. The van der Waals surface area contributed by atoms with Crippen molar-refractivity contribution in [3.63, 3.8) is 0 Å². The number of aryl methyl sites for hydroxylation is 1. The van der Waals surface area contributed by atoms with Crippen molar-refractivity contribution in [3.8, 4) is 0 Å². The molecule has 0 bridgehead atoms. The third kappa shape index (κ3) is 2.86. The van der Waals surface area contributed by atoms with Crippen LogP contribution < -0.4 is 10.9 Å². The summed E-state index contributed by atoms with van der Waals surface area (Å²) in [5, 5.41) is 3.80. The molecule has 2 aliphatic rings. The molecule has 0 unspecified atom stereocenters. The Balaban J connectivity index is 1.62. The van der Waals surface area contributed by atoms with Gasteiger partial charge in [-0.15, -0.1) is 0 Å². The van der Waals surface area contributed by atoms with Crippen molar-refractivity contribution in [2.24, 2.45) is 11.8 Å². The number of rotatable bonds is 2. The number of benzene rings is 1. The molecule has 0 spiro atoms. The monoisotopic (exact) mass is 339 g/mol. The minimum atomic E-state index is -0.0600. The van der Waals surface area contributed by atoms with Crippen LogP contribution in [0.5, 0.6) is 0 Å². The average molecular weight is 339 g/mol. The van der Waals surface area contributed by atoms with Crippen molar-refractivity contribution in [1.82, 2.24) is 14.9 Å². The van der Waals surface area contributed by atoms with E-state index in [0.29, 0.717) is 28.3 Å². The van der Waals surface area contributed by atoms with Crippen molar-refractivity contribution in [2.75, 3.05) is 0 Å². The lowest BCUT2D eigenvalue weighted by molar-refractivity contribution is 0.0891. The van der Waals surface area contributed by atoms with Crippen LogP contribution in [0.4, 0.5) is 0 Å². The molecule has 1 N–H and O–H groups in total. The summed E-state index contributed by atoms with van der Waals surface area (Å²) < 4.78 is 1.76. The number of nitrogens with zero attached hydrogens (tertiary/aromatic N) is 2. The second-order valence-corrected chi connectivity index (χ2v) is 7.67. The first-order valence-corrected chi connectivity index (χ1v) is 9.39. The largest absolute Gasteiger partial charge is 0.349 e. The highest BCUT2D eigenvalue weighted by Crippen LogP contribution is 2.29. The van der Waals surface area contributed by atoms with Crippen LogP contribution in [0.3, 0.4) is 0 Å². The third-order valence-electron chi connectivity index (χ3n) is 6.10. The van der Waals surface area contributed by atoms with Gasteiger partial charge in [0.15, 0.2) is 0 Å². The molecule has 1 aromatic carbocycles. The maximum atomic E-state index is 12.7. The molecule has 1 saturated carbocycles. The van der Waals surface area contributed by atoms with Crippen molar-refractivity contribution < 1.29 is 4.79 Å². The van der Waals surface area contributed by atoms with Crippen LogP contribution in [0.1, 0.15) is 55.7 Å². The van der Waals surface area contributed by atoms with Gasteiger partial charge in [0.05, 0.1) is 10.9 Å². The van der Waals surface area contributed by atoms with Crippen molar-refractivity contribution in [1.29, 1.82) is 0 Å². The van der Waals surface area contributed by atoms with E-state index in [9.17, 15) is 9.59 Å². The molecule has 3 atom stereocenters. The van der Waals surface area contributed by atoms with Gasteiger partial charge in [0.25, 0.3) is 11.5 Å². The topological polar surface area (TPSA) is 64.0 Å². The van der Waals surface area contributed by atoms with Gasteiger partial charge in [-0.3, -0.25) is 14.2 Å². The van der Waals surface area contributed by atoms with Crippen LogP contribution in [0.15, 0.2) is 23.0 Å². The summed E-state index contributed by atoms with van der Waals surface area (Å²) in [4.78, 5) is 29.8. The van der Waals surface area contributed by atoms with E-state index in [1.54, 1.807) is 22.8 Å². The van der Waals surface area contributed by atoms with E-state index >= 15 is 0 Å². The second kappa shape index (κ2) is 6.28. The maximum absolute atomic E-state index is 12.7. The molecular weight excluding hydrogens is 314 g/mol. The van der Waals surface area contributed by atoms with E-state index in [0.717, 1.165) is 31.6 Å². The van der Waals surface area contributed by atoms with E-state index in [1.165, 1.54) is 12.8 Å². The lowest BCUT2D eigenvalue weighted by atomic mass is 9.78. The van der Waals surface area contributed by atoms with E-state index in [4.69, 9.17) is 0 Å². The molecule has 0 radical (unpaired) electrons. The Bertz CT molecular complexity index is 886. The predicted molar refractivity (Wildman–Crippen MR) is 97.8 cm³/mol. The fraction of sp³-hybridized carbons (Fsp3) is 0.550. The number of hydrogen-bond donors (Lipinski definition) is 1. The molecule has 25 heavy (non-hydrogen) atoms. The number of aromatic nitrogens is 2. The van der Waals surface area contributed by atoms with E-state index in [1.807, 2.05) is 0 Å².